The normalized spacial score (nSPS) is 17.3. The Balaban J connectivity index is 1.95. The van der Waals surface area contributed by atoms with Crippen LogP contribution < -0.4 is 11.1 Å². The van der Waals surface area contributed by atoms with Crippen molar-refractivity contribution in [2.24, 2.45) is 16.3 Å². The average Bonchev–Trinajstić information content (AvgIpc) is 3.18. The fourth-order valence-electron chi connectivity index (χ4n) is 1.88. The Labute approximate surface area is 106 Å². The van der Waals surface area contributed by atoms with Crippen LogP contribution in [-0.4, -0.2) is 17.0 Å². The molecule has 0 spiro atoms. The van der Waals surface area contributed by atoms with Crippen molar-refractivity contribution in [3.8, 4) is 0 Å². The Morgan fingerprint density at radius 2 is 2.06 bits per heavy atom. The van der Waals surface area contributed by atoms with Gasteiger partial charge in [0.25, 0.3) is 0 Å². The lowest BCUT2D eigenvalue weighted by molar-refractivity contribution is -0.124. The van der Waals surface area contributed by atoms with Crippen molar-refractivity contribution in [2.45, 2.75) is 26.3 Å². The third-order valence-corrected chi connectivity index (χ3v) is 3.36. The first-order valence-electron chi connectivity index (χ1n) is 5.90. The van der Waals surface area contributed by atoms with Crippen LogP contribution in [0.4, 0.5) is 0 Å². The van der Waals surface area contributed by atoms with E-state index < -0.39 is 5.41 Å². The van der Waals surface area contributed by atoms with Gasteiger partial charge in [-0.1, -0.05) is 35.0 Å². The molecule has 0 atom stereocenters. The molecule has 5 nitrogen and oxygen atoms in total. The molecule has 1 amide bonds. The number of hydrogen-bond donors (Lipinski definition) is 3. The fraction of sp³-hybridized carbons (Fsp3) is 0.385. The van der Waals surface area contributed by atoms with Crippen LogP contribution in [0.3, 0.4) is 0 Å². The Morgan fingerprint density at radius 1 is 1.44 bits per heavy atom. The molecule has 0 heterocycles. The van der Waals surface area contributed by atoms with Crippen LogP contribution in [0.2, 0.25) is 0 Å². The van der Waals surface area contributed by atoms with Gasteiger partial charge in [-0.05, 0) is 25.3 Å². The molecule has 1 aromatic rings. The van der Waals surface area contributed by atoms with E-state index in [4.69, 9.17) is 10.9 Å². The van der Waals surface area contributed by atoms with E-state index in [2.05, 4.69) is 10.5 Å². The predicted octanol–water partition coefficient (Wildman–Crippen LogP) is 1.14. The summed E-state index contributed by atoms with van der Waals surface area (Å²) >= 11 is 0. The number of oxime groups is 1. The number of aryl methyl sites for hydroxylation is 1. The molecule has 1 aromatic carbocycles. The van der Waals surface area contributed by atoms with Gasteiger partial charge in [-0.2, -0.15) is 0 Å². The number of amidine groups is 1. The minimum absolute atomic E-state index is 0.00362. The Kier molecular flexibility index (Phi) is 3.23. The molecule has 18 heavy (non-hydrogen) atoms. The summed E-state index contributed by atoms with van der Waals surface area (Å²) in [7, 11) is 0. The number of nitrogens with zero attached hydrogens (tertiary/aromatic N) is 1. The van der Waals surface area contributed by atoms with Gasteiger partial charge in [-0.3, -0.25) is 4.79 Å². The smallest absolute Gasteiger partial charge is 0.234 e. The SMILES string of the molecule is Cc1ccc(CNC(=O)C2(/C(N)=N/O)CC2)cc1. The lowest BCUT2D eigenvalue weighted by Gasteiger charge is -2.13. The van der Waals surface area contributed by atoms with Crippen molar-refractivity contribution >= 4 is 11.7 Å². The van der Waals surface area contributed by atoms with E-state index >= 15 is 0 Å². The van der Waals surface area contributed by atoms with Crippen LogP contribution in [-0.2, 0) is 11.3 Å². The molecule has 5 heteroatoms. The number of rotatable bonds is 4. The molecule has 1 aliphatic rings. The molecule has 96 valence electrons. The van der Waals surface area contributed by atoms with E-state index in [1.165, 1.54) is 5.56 Å². The van der Waals surface area contributed by atoms with Gasteiger partial charge in [0.05, 0.1) is 0 Å². The van der Waals surface area contributed by atoms with Crippen molar-refractivity contribution < 1.29 is 10.0 Å². The first-order chi connectivity index (χ1) is 8.58. The van der Waals surface area contributed by atoms with Crippen molar-refractivity contribution in [1.29, 1.82) is 0 Å². The molecule has 1 saturated carbocycles. The number of nitrogens with two attached hydrogens (primary N) is 1. The van der Waals surface area contributed by atoms with Gasteiger partial charge in [0.15, 0.2) is 5.84 Å². The Bertz CT molecular complexity index is 476. The van der Waals surface area contributed by atoms with Crippen LogP contribution in [0.5, 0.6) is 0 Å². The summed E-state index contributed by atoms with van der Waals surface area (Å²) in [5.74, 6) is -0.165. The third kappa shape index (κ3) is 2.30. The number of hydrogen-bond acceptors (Lipinski definition) is 3. The highest BCUT2D eigenvalue weighted by Gasteiger charge is 2.54. The van der Waals surface area contributed by atoms with Gasteiger partial charge >= 0.3 is 0 Å². The van der Waals surface area contributed by atoms with Gasteiger partial charge in [0, 0.05) is 6.54 Å². The molecule has 0 bridgehead atoms. The third-order valence-electron chi connectivity index (χ3n) is 3.36. The number of amides is 1. The number of benzene rings is 1. The highest BCUT2D eigenvalue weighted by Crippen LogP contribution is 2.46. The van der Waals surface area contributed by atoms with Crippen LogP contribution in [0.25, 0.3) is 0 Å². The largest absolute Gasteiger partial charge is 0.409 e. The van der Waals surface area contributed by atoms with E-state index in [9.17, 15) is 4.79 Å². The molecule has 0 aromatic heterocycles. The molecule has 1 aliphatic carbocycles. The van der Waals surface area contributed by atoms with Crippen LogP contribution >= 0.6 is 0 Å². The standard InChI is InChI=1S/C13H17N3O2/c1-9-2-4-10(5-3-9)8-15-12(17)13(6-7-13)11(14)16-18/h2-5,18H,6-8H2,1H3,(H2,14,16)(H,15,17). The van der Waals surface area contributed by atoms with Crippen molar-refractivity contribution in [1.82, 2.24) is 5.32 Å². The van der Waals surface area contributed by atoms with Crippen molar-refractivity contribution in [3.63, 3.8) is 0 Å². The summed E-state index contributed by atoms with van der Waals surface area (Å²) in [5.41, 5.74) is 6.98. The fourth-order valence-corrected chi connectivity index (χ4v) is 1.88. The second-order valence-electron chi connectivity index (χ2n) is 4.74. The summed E-state index contributed by atoms with van der Waals surface area (Å²) in [4.78, 5) is 12.0. The summed E-state index contributed by atoms with van der Waals surface area (Å²) in [6.45, 7) is 2.47. The first kappa shape index (κ1) is 12.4. The lowest BCUT2D eigenvalue weighted by atomic mass is 10.0. The molecule has 0 saturated heterocycles. The maximum atomic E-state index is 12.0. The van der Waals surface area contributed by atoms with Crippen molar-refractivity contribution in [3.05, 3.63) is 35.4 Å². The van der Waals surface area contributed by atoms with Gasteiger partial charge in [0.2, 0.25) is 5.91 Å². The number of nitrogens with one attached hydrogen (secondary N) is 1. The minimum Gasteiger partial charge on any atom is -0.409 e. The zero-order valence-corrected chi connectivity index (χ0v) is 10.3. The van der Waals surface area contributed by atoms with Gasteiger partial charge < -0.3 is 16.3 Å². The highest BCUT2D eigenvalue weighted by atomic mass is 16.4. The van der Waals surface area contributed by atoms with E-state index in [-0.39, 0.29) is 11.7 Å². The maximum absolute atomic E-state index is 12.0. The summed E-state index contributed by atoms with van der Waals surface area (Å²) < 4.78 is 0. The molecule has 4 N–H and O–H groups in total. The molecule has 1 fully saturated rings. The number of carbonyl (C=O) groups excluding carboxylic acids is 1. The van der Waals surface area contributed by atoms with E-state index in [1.54, 1.807) is 0 Å². The molecule has 2 rings (SSSR count). The molecule has 0 aliphatic heterocycles. The molecule has 0 radical (unpaired) electrons. The maximum Gasteiger partial charge on any atom is 0.234 e. The number of carbonyl (C=O) groups is 1. The lowest BCUT2D eigenvalue weighted by Crippen LogP contribution is -2.40. The van der Waals surface area contributed by atoms with Crippen LogP contribution in [0.15, 0.2) is 29.4 Å². The zero-order valence-electron chi connectivity index (χ0n) is 10.3. The van der Waals surface area contributed by atoms with Crippen molar-refractivity contribution in [2.75, 3.05) is 0 Å². The average molecular weight is 247 g/mol. The predicted molar refractivity (Wildman–Crippen MR) is 68.1 cm³/mol. The highest BCUT2D eigenvalue weighted by molar-refractivity contribution is 6.09. The molecular formula is C13H17N3O2. The second kappa shape index (κ2) is 4.68. The van der Waals surface area contributed by atoms with E-state index in [0.717, 1.165) is 5.56 Å². The van der Waals surface area contributed by atoms with Gasteiger partial charge in [-0.25, -0.2) is 0 Å². The Morgan fingerprint density at radius 3 is 2.56 bits per heavy atom. The monoisotopic (exact) mass is 247 g/mol. The zero-order chi connectivity index (χ0) is 13.2. The Hall–Kier alpha value is -2.04. The summed E-state index contributed by atoms with van der Waals surface area (Å²) in [5, 5.41) is 14.4. The van der Waals surface area contributed by atoms with E-state index in [0.29, 0.717) is 19.4 Å². The quantitative estimate of drug-likeness (QED) is 0.322. The van der Waals surface area contributed by atoms with Gasteiger partial charge in [-0.15, -0.1) is 0 Å². The van der Waals surface area contributed by atoms with Crippen LogP contribution in [0, 0.1) is 12.3 Å². The molecule has 0 unspecified atom stereocenters. The summed E-state index contributed by atoms with van der Waals surface area (Å²) in [6, 6.07) is 7.94. The first-order valence-corrected chi connectivity index (χ1v) is 5.90. The molecular weight excluding hydrogens is 230 g/mol. The van der Waals surface area contributed by atoms with Gasteiger partial charge in [0.1, 0.15) is 5.41 Å². The summed E-state index contributed by atoms with van der Waals surface area (Å²) in [6.07, 6.45) is 1.28. The van der Waals surface area contributed by atoms with Crippen LogP contribution in [0.1, 0.15) is 24.0 Å². The topological polar surface area (TPSA) is 87.7 Å². The minimum atomic E-state index is -0.778. The van der Waals surface area contributed by atoms with E-state index in [1.807, 2.05) is 31.2 Å². The second-order valence-corrected chi connectivity index (χ2v) is 4.74.